The van der Waals surface area contributed by atoms with Gasteiger partial charge in [-0.15, -0.1) is 0 Å². The fraction of sp³-hybridized carbons (Fsp3) is 0.417. The third-order valence-electron chi connectivity index (χ3n) is 2.64. The van der Waals surface area contributed by atoms with Crippen LogP contribution in [0.4, 0.5) is 16.2 Å². The van der Waals surface area contributed by atoms with Crippen LogP contribution < -0.4 is 10.6 Å². The first kappa shape index (κ1) is 16.2. The molecular formula is C12H16ClN3O4. The first-order chi connectivity index (χ1) is 9.43. The Labute approximate surface area is 121 Å². The van der Waals surface area contributed by atoms with Gasteiger partial charge >= 0.3 is 6.03 Å². The molecule has 0 aliphatic heterocycles. The zero-order valence-electron chi connectivity index (χ0n) is 10.9. The van der Waals surface area contributed by atoms with Crippen LogP contribution in [0.2, 0.25) is 5.02 Å². The molecule has 8 heteroatoms. The third kappa shape index (κ3) is 5.02. The van der Waals surface area contributed by atoms with Crippen molar-refractivity contribution in [2.75, 3.05) is 18.5 Å². The van der Waals surface area contributed by atoms with Crippen LogP contribution in [-0.4, -0.2) is 29.2 Å². The van der Waals surface area contributed by atoms with Crippen molar-refractivity contribution in [3.05, 3.63) is 33.3 Å². The van der Waals surface area contributed by atoms with Gasteiger partial charge in [-0.25, -0.2) is 4.79 Å². The van der Waals surface area contributed by atoms with Gasteiger partial charge in [-0.05, 0) is 18.4 Å². The Bertz CT molecular complexity index is 496. The van der Waals surface area contributed by atoms with Gasteiger partial charge in [0.05, 0.1) is 15.6 Å². The molecule has 0 fully saturated rings. The van der Waals surface area contributed by atoms with Gasteiger partial charge in [-0.3, -0.25) is 10.1 Å². The average molecular weight is 302 g/mol. The van der Waals surface area contributed by atoms with E-state index < -0.39 is 11.0 Å². The van der Waals surface area contributed by atoms with Crippen LogP contribution in [0, 0.1) is 16.0 Å². The van der Waals surface area contributed by atoms with Crippen molar-refractivity contribution in [3.63, 3.8) is 0 Å². The monoisotopic (exact) mass is 301 g/mol. The van der Waals surface area contributed by atoms with Crippen LogP contribution in [0.1, 0.15) is 13.3 Å². The number of nitrogens with one attached hydrogen (secondary N) is 2. The second-order valence-corrected chi connectivity index (χ2v) is 4.78. The van der Waals surface area contributed by atoms with Gasteiger partial charge in [0.2, 0.25) is 0 Å². The number of hydrogen-bond donors (Lipinski definition) is 3. The Morgan fingerprint density at radius 1 is 1.55 bits per heavy atom. The molecule has 0 aliphatic rings. The largest absolute Gasteiger partial charge is 0.396 e. The first-order valence-corrected chi connectivity index (χ1v) is 6.41. The molecule has 0 heterocycles. The number of carbonyl (C=O) groups is 1. The summed E-state index contributed by atoms with van der Waals surface area (Å²) in [5, 5.41) is 24.5. The minimum Gasteiger partial charge on any atom is -0.396 e. The predicted molar refractivity (Wildman–Crippen MR) is 76.0 cm³/mol. The van der Waals surface area contributed by atoms with E-state index >= 15 is 0 Å². The molecule has 0 spiro atoms. The zero-order chi connectivity index (χ0) is 15.1. The lowest BCUT2D eigenvalue weighted by molar-refractivity contribution is -0.384. The summed E-state index contributed by atoms with van der Waals surface area (Å²) in [6, 6.07) is 3.35. The number of anilines is 1. The molecule has 0 radical (unpaired) electrons. The van der Waals surface area contributed by atoms with E-state index in [1.54, 1.807) is 0 Å². The van der Waals surface area contributed by atoms with Gasteiger partial charge in [0.15, 0.2) is 0 Å². The molecule has 0 saturated carbocycles. The van der Waals surface area contributed by atoms with Crippen molar-refractivity contribution in [2.45, 2.75) is 13.3 Å². The fourth-order valence-corrected chi connectivity index (χ4v) is 1.70. The molecule has 0 bridgehead atoms. The van der Waals surface area contributed by atoms with Crippen LogP contribution in [-0.2, 0) is 0 Å². The van der Waals surface area contributed by atoms with Gasteiger partial charge in [-0.2, -0.15) is 0 Å². The third-order valence-corrected chi connectivity index (χ3v) is 2.96. The number of nitro groups is 1. The van der Waals surface area contributed by atoms with E-state index in [2.05, 4.69) is 10.6 Å². The second kappa shape index (κ2) is 7.66. The molecule has 1 aromatic carbocycles. The van der Waals surface area contributed by atoms with Gasteiger partial charge < -0.3 is 15.7 Å². The smallest absolute Gasteiger partial charge is 0.319 e. The molecule has 1 atom stereocenters. The van der Waals surface area contributed by atoms with Crippen LogP contribution in [0.15, 0.2) is 18.2 Å². The molecule has 3 N–H and O–H groups in total. The van der Waals surface area contributed by atoms with Crippen molar-refractivity contribution >= 4 is 29.0 Å². The Kier molecular flexibility index (Phi) is 6.20. The number of non-ortho nitro benzene ring substituents is 1. The maximum absolute atomic E-state index is 11.6. The highest BCUT2D eigenvalue weighted by molar-refractivity contribution is 6.33. The number of benzene rings is 1. The lowest BCUT2D eigenvalue weighted by atomic mass is 10.1. The highest BCUT2D eigenvalue weighted by atomic mass is 35.5. The summed E-state index contributed by atoms with van der Waals surface area (Å²) >= 11 is 5.85. The summed E-state index contributed by atoms with van der Waals surface area (Å²) in [7, 11) is 0. The zero-order valence-corrected chi connectivity index (χ0v) is 11.7. The van der Waals surface area contributed by atoms with E-state index in [0.29, 0.717) is 18.7 Å². The van der Waals surface area contributed by atoms with Crippen molar-refractivity contribution in [3.8, 4) is 0 Å². The molecule has 7 nitrogen and oxygen atoms in total. The lowest BCUT2D eigenvalue weighted by Gasteiger charge is -2.12. The van der Waals surface area contributed by atoms with Crippen molar-refractivity contribution in [1.82, 2.24) is 5.32 Å². The maximum atomic E-state index is 11.6. The molecule has 1 unspecified atom stereocenters. The summed E-state index contributed by atoms with van der Waals surface area (Å²) in [5.74, 6) is 0.151. The molecule has 110 valence electrons. The number of nitrogens with zero attached hydrogens (tertiary/aromatic N) is 1. The summed E-state index contributed by atoms with van der Waals surface area (Å²) in [6.45, 7) is 2.38. The Balaban J connectivity index is 2.56. The number of hydrogen-bond acceptors (Lipinski definition) is 4. The topological polar surface area (TPSA) is 104 Å². The van der Waals surface area contributed by atoms with E-state index in [4.69, 9.17) is 16.7 Å². The van der Waals surface area contributed by atoms with Crippen LogP contribution >= 0.6 is 11.6 Å². The summed E-state index contributed by atoms with van der Waals surface area (Å²) < 4.78 is 0. The fourth-order valence-electron chi connectivity index (χ4n) is 1.47. The number of urea groups is 1. The number of aliphatic hydroxyl groups excluding tert-OH is 1. The predicted octanol–water partition coefficient (Wildman–Crippen LogP) is 2.39. The number of carbonyl (C=O) groups excluding carboxylic acids is 1. The van der Waals surface area contributed by atoms with E-state index in [9.17, 15) is 14.9 Å². The SMILES string of the molecule is CC(CCO)CNC(=O)Nc1ccc([N+](=O)[O-])cc1Cl. The summed E-state index contributed by atoms with van der Waals surface area (Å²) in [4.78, 5) is 21.6. The van der Waals surface area contributed by atoms with Gasteiger partial charge in [0, 0.05) is 25.3 Å². The molecule has 1 aromatic rings. The minimum atomic E-state index is -0.563. The normalized spacial score (nSPS) is 11.8. The van der Waals surface area contributed by atoms with Crippen LogP contribution in [0.25, 0.3) is 0 Å². The minimum absolute atomic E-state index is 0.0681. The summed E-state index contributed by atoms with van der Waals surface area (Å²) in [5.41, 5.74) is 0.155. The molecule has 0 aromatic heterocycles. The molecule has 0 aliphatic carbocycles. The molecule has 2 amide bonds. The number of amides is 2. The second-order valence-electron chi connectivity index (χ2n) is 4.37. The number of rotatable bonds is 6. The summed E-state index contributed by atoms with van der Waals surface area (Å²) in [6.07, 6.45) is 0.596. The average Bonchev–Trinajstić information content (AvgIpc) is 2.39. The molecule has 0 saturated heterocycles. The van der Waals surface area contributed by atoms with E-state index in [0.717, 1.165) is 0 Å². The highest BCUT2D eigenvalue weighted by Gasteiger charge is 2.11. The molecule has 20 heavy (non-hydrogen) atoms. The van der Waals surface area contributed by atoms with Gasteiger partial charge in [0.1, 0.15) is 0 Å². The highest BCUT2D eigenvalue weighted by Crippen LogP contribution is 2.26. The maximum Gasteiger partial charge on any atom is 0.319 e. The Hall–Kier alpha value is -1.86. The standard InChI is InChI=1S/C12H16ClN3O4/c1-8(4-5-17)7-14-12(18)15-11-3-2-9(16(19)20)6-10(11)13/h2-3,6,8,17H,4-5,7H2,1H3,(H2,14,15,18). The van der Waals surface area contributed by atoms with E-state index in [1.807, 2.05) is 6.92 Å². The number of aliphatic hydroxyl groups is 1. The van der Waals surface area contributed by atoms with Crippen molar-refractivity contribution in [1.29, 1.82) is 0 Å². The Morgan fingerprint density at radius 3 is 2.80 bits per heavy atom. The molecular weight excluding hydrogens is 286 g/mol. The Morgan fingerprint density at radius 2 is 2.25 bits per heavy atom. The first-order valence-electron chi connectivity index (χ1n) is 6.03. The van der Waals surface area contributed by atoms with Crippen molar-refractivity contribution < 1.29 is 14.8 Å². The van der Waals surface area contributed by atoms with Gasteiger partial charge in [0.25, 0.3) is 5.69 Å². The van der Waals surface area contributed by atoms with E-state index in [1.165, 1.54) is 18.2 Å². The number of halogens is 1. The van der Waals surface area contributed by atoms with Crippen molar-refractivity contribution in [2.24, 2.45) is 5.92 Å². The lowest BCUT2D eigenvalue weighted by Crippen LogP contribution is -2.32. The number of nitro benzene ring substituents is 1. The quantitative estimate of drug-likeness (QED) is 0.554. The van der Waals surface area contributed by atoms with Crippen LogP contribution in [0.5, 0.6) is 0 Å². The van der Waals surface area contributed by atoms with E-state index in [-0.39, 0.29) is 23.2 Å². The van der Waals surface area contributed by atoms with Gasteiger partial charge in [-0.1, -0.05) is 18.5 Å². The van der Waals surface area contributed by atoms with Crippen LogP contribution in [0.3, 0.4) is 0 Å². The molecule has 1 rings (SSSR count).